The zero-order chi connectivity index (χ0) is 16.4. The van der Waals surface area contributed by atoms with Crippen molar-refractivity contribution in [3.05, 3.63) is 64.4 Å². The Balaban J connectivity index is 2.03. The summed E-state index contributed by atoms with van der Waals surface area (Å²) in [5, 5.41) is 14.0. The Labute approximate surface area is 140 Å². The van der Waals surface area contributed by atoms with Gasteiger partial charge in [-0.25, -0.2) is 4.39 Å². The lowest BCUT2D eigenvalue weighted by Gasteiger charge is -2.34. The van der Waals surface area contributed by atoms with Gasteiger partial charge in [0.1, 0.15) is 5.82 Å². The van der Waals surface area contributed by atoms with Crippen LogP contribution >= 0.6 is 11.6 Å². The molecule has 2 atom stereocenters. The van der Waals surface area contributed by atoms with E-state index in [1.807, 2.05) is 18.2 Å². The summed E-state index contributed by atoms with van der Waals surface area (Å²) in [7, 11) is 1.79. The van der Waals surface area contributed by atoms with Crippen LogP contribution in [0.3, 0.4) is 0 Å². The fourth-order valence-electron chi connectivity index (χ4n) is 3.33. The predicted octanol–water partition coefficient (Wildman–Crippen LogP) is 3.16. The standard InChI is InChI=1S/C18H20ClFN2O/c1-21-11-17(23)18(13-8-14(19)10-15(20)9-13)22-7-6-12-4-2-3-5-16(12)22/h2-5,8-10,17-18,21,23H,6-7,11H2,1H3. The number of aliphatic hydroxyl groups is 1. The highest BCUT2D eigenvalue weighted by molar-refractivity contribution is 6.30. The molecule has 0 amide bonds. The maximum absolute atomic E-state index is 13.8. The lowest BCUT2D eigenvalue weighted by Crippen LogP contribution is -2.40. The first kappa shape index (κ1) is 16.2. The monoisotopic (exact) mass is 334 g/mol. The number of fused-ring (bicyclic) bond motifs is 1. The summed E-state index contributed by atoms with van der Waals surface area (Å²) in [4.78, 5) is 2.14. The van der Waals surface area contributed by atoms with Crippen LogP contribution in [0.1, 0.15) is 17.2 Å². The molecular formula is C18H20ClFN2O. The van der Waals surface area contributed by atoms with Crippen molar-refractivity contribution in [2.75, 3.05) is 25.0 Å². The van der Waals surface area contributed by atoms with Crippen molar-refractivity contribution in [3.8, 4) is 0 Å². The van der Waals surface area contributed by atoms with Gasteiger partial charge in [0, 0.05) is 23.8 Å². The molecule has 0 saturated heterocycles. The second-order valence-corrected chi connectivity index (χ2v) is 6.28. The summed E-state index contributed by atoms with van der Waals surface area (Å²) in [6.45, 7) is 1.20. The van der Waals surface area contributed by atoms with E-state index in [-0.39, 0.29) is 11.9 Å². The van der Waals surface area contributed by atoms with E-state index in [1.54, 1.807) is 13.1 Å². The summed E-state index contributed by atoms with van der Waals surface area (Å²) < 4.78 is 13.8. The van der Waals surface area contributed by atoms with Crippen molar-refractivity contribution < 1.29 is 9.50 Å². The molecule has 122 valence electrons. The molecule has 1 heterocycles. The van der Waals surface area contributed by atoms with Crippen molar-refractivity contribution >= 4 is 17.3 Å². The lowest BCUT2D eigenvalue weighted by atomic mass is 9.99. The van der Waals surface area contributed by atoms with Gasteiger partial charge < -0.3 is 15.3 Å². The maximum Gasteiger partial charge on any atom is 0.125 e. The van der Waals surface area contributed by atoms with E-state index < -0.39 is 6.10 Å². The number of halogens is 2. The molecule has 1 aliphatic rings. The third kappa shape index (κ3) is 3.34. The van der Waals surface area contributed by atoms with Crippen molar-refractivity contribution in [1.29, 1.82) is 0 Å². The van der Waals surface area contributed by atoms with Crippen LogP contribution < -0.4 is 10.2 Å². The Morgan fingerprint density at radius 2 is 2.09 bits per heavy atom. The number of likely N-dealkylation sites (N-methyl/N-ethyl adjacent to an activating group) is 1. The molecule has 2 aromatic carbocycles. The molecule has 0 aromatic heterocycles. The number of benzene rings is 2. The molecular weight excluding hydrogens is 315 g/mol. The van der Waals surface area contributed by atoms with Crippen LogP contribution in [0.5, 0.6) is 0 Å². The van der Waals surface area contributed by atoms with E-state index in [0.29, 0.717) is 17.1 Å². The Kier molecular flexibility index (Phi) is 4.85. The topological polar surface area (TPSA) is 35.5 Å². The number of anilines is 1. The molecule has 23 heavy (non-hydrogen) atoms. The minimum Gasteiger partial charge on any atom is -0.389 e. The lowest BCUT2D eigenvalue weighted by molar-refractivity contribution is 0.141. The van der Waals surface area contributed by atoms with Gasteiger partial charge in [0.2, 0.25) is 0 Å². The van der Waals surface area contributed by atoms with Gasteiger partial charge >= 0.3 is 0 Å². The van der Waals surface area contributed by atoms with Crippen LogP contribution in [0.4, 0.5) is 10.1 Å². The number of nitrogens with one attached hydrogen (secondary N) is 1. The highest BCUT2D eigenvalue weighted by Crippen LogP contribution is 2.37. The van der Waals surface area contributed by atoms with Crippen LogP contribution in [0.15, 0.2) is 42.5 Å². The van der Waals surface area contributed by atoms with Crippen LogP contribution in [-0.4, -0.2) is 31.3 Å². The van der Waals surface area contributed by atoms with Crippen molar-refractivity contribution in [2.45, 2.75) is 18.6 Å². The maximum atomic E-state index is 13.8. The van der Waals surface area contributed by atoms with Gasteiger partial charge in [0.05, 0.1) is 12.1 Å². The minimum atomic E-state index is -0.677. The second-order valence-electron chi connectivity index (χ2n) is 5.84. The van der Waals surface area contributed by atoms with Gasteiger partial charge in [-0.05, 0) is 48.9 Å². The largest absolute Gasteiger partial charge is 0.389 e. The second kappa shape index (κ2) is 6.87. The summed E-state index contributed by atoms with van der Waals surface area (Å²) in [6, 6.07) is 12.3. The molecule has 0 radical (unpaired) electrons. The van der Waals surface area contributed by atoms with Crippen molar-refractivity contribution in [1.82, 2.24) is 5.32 Å². The first-order valence-corrected chi connectivity index (χ1v) is 8.11. The fraction of sp³-hybridized carbons (Fsp3) is 0.333. The van der Waals surface area contributed by atoms with Crippen LogP contribution in [0.25, 0.3) is 0 Å². The first-order chi connectivity index (χ1) is 11.1. The SMILES string of the molecule is CNCC(O)C(c1cc(F)cc(Cl)c1)N1CCc2ccccc21. The average Bonchev–Trinajstić information content (AvgIpc) is 2.91. The third-order valence-corrected chi connectivity index (χ3v) is 4.48. The zero-order valence-corrected chi connectivity index (χ0v) is 13.7. The summed E-state index contributed by atoms with van der Waals surface area (Å²) in [5.74, 6) is -0.387. The van der Waals surface area contributed by atoms with Gasteiger partial charge in [-0.1, -0.05) is 29.8 Å². The molecule has 0 aliphatic carbocycles. The zero-order valence-electron chi connectivity index (χ0n) is 13.0. The van der Waals surface area contributed by atoms with Gasteiger partial charge in [-0.3, -0.25) is 0 Å². The van der Waals surface area contributed by atoms with Crippen LogP contribution in [0, 0.1) is 5.82 Å². The van der Waals surface area contributed by atoms with Gasteiger partial charge in [0.15, 0.2) is 0 Å². The van der Waals surface area contributed by atoms with Gasteiger partial charge in [0.25, 0.3) is 0 Å². The van der Waals surface area contributed by atoms with Crippen LogP contribution in [0.2, 0.25) is 5.02 Å². The minimum absolute atomic E-state index is 0.342. The molecule has 2 aromatic rings. The van der Waals surface area contributed by atoms with E-state index in [4.69, 9.17) is 11.6 Å². The molecule has 2 N–H and O–H groups in total. The quantitative estimate of drug-likeness (QED) is 0.881. The van der Waals surface area contributed by atoms with E-state index in [9.17, 15) is 9.50 Å². The molecule has 0 spiro atoms. The Hall–Kier alpha value is -1.62. The van der Waals surface area contributed by atoms with Crippen molar-refractivity contribution in [2.24, 2.45) is 0 Å². The molecule has 2 unspecified atom stereocenters. The Bertz CT molecular complexity index is 674. The smallest absolute Gasteiger partial charge is 0.125 e. The molecule has 1 aliphatic heterocycles. The number of nitrogens with zero attached hydrogens (tertiary/aromatic N) is 1. The Morgan fingerprint density at radius 1 is 1.30 bits per heavy atom. The average molecular weight is 335 g/mol. The molecule has 0 fully saturated rings. The Morgan fingerprint density at radius 3 is 2.83 bits per heavy atom. The fourth-order valence-corrected chi connectivity index (χ4v) is 3.56. The van der Waals surface area contributed by atoms with E-state index in [1.165, 1.54) is 17.7 Å². The number of hydrogen-bond acceptors (Lipinski definition) is 3. The number of aliphatic hydroxyl groups excluding tert-OH is 1. The normalized spacial score (nSPS) is 16.3. The predicted molar refractivity (Wildman–Crippen MR) is 91.6 cm³/mol. The molecule has 5 heteroatoms. The van der Waals surface area contributed by atoms with Crippen LogP contribution in [-0.2, 0) is 6.42 Å². The first-order valence-electron chi connectivity index (χ1n) is 7.73. The van der Waals surface area contributed by atoms with E-state index in [0.717, 1.165) is 18.7 Å². The molecule has 3 nitrogen and oxygen atoms in total. The molecule has 0 saturated carbocycles. The number of hydrogen-bond donors (Lipinski definition) is 2. The summed E-state index contributed by atoms with van der Waals surface area (Å²) in [5.41, 5.74) is 3.03. The van der Waals surface area contributed by atoms with Crippen molar-refractivity contribution in [3.63, 3.8) is 0 Å². The highest BCUT2D eigenvalue weighted by atomic mass is 35.5. The number of rotatable bonds is 5. The van der Waals surface area contributed by atoms with Gasteiger partial charge in [-0.15, -0.1) is 0 Å². The molecule has 3 rings (SSSR count). The van der Waals surface area contributed by atoms with E-state index >= 15 is 0 Å². The van der Waals surface area contributed by atoms with Gasteiger partial charge in [-0.2, -0.15) is 0 Å². The summed E-state index contributed by atoms with van der Waals surface area (Å²) >= 11 is 6.03. The number of para-hydroxylation sites is 1. The highest BCUT2D eigenvalue weighted by Gasteiger charge is 2.32. The van der Waals surface area contributed by atoms with E-state index in [2.05, 4.69) is 16.3 Å². The summed E-state index contributed by atoms with van der Waals surface area (Å²) in [6.07, 6.45) is 0.242. The molecule has 0 bridgehead atoms. The third-order valence-electron chi connectivity index (χ3n) is 4.26.